The predicted molar refractivity (Wildman–Crippen MR) is 43.9 cm³/mol. The summed E-state index contributed by atoms with van der Waals surface area (Å²) in [6.07, 6.45) is 0. The SMILES string of the molecule is C[C@H](N)c1ccsc1C(=O)O. The number of carbonyl (C=O) groups is 1. The average molecular weight is 171 g/mol. The third-order valence-corrected chi connectivity index (χ3v) is 2.30. The van der Waals surface area contributed by atoms with E-state index in [-0.39, 0.29) is 6.04 Å². The van der Waals surface area contributed by atoms with E-state index in [2.05, 4.69) is 0 Å². The first kappa shape index (κ1) is 8.23. The van der Waals surface area contributed by atoms with E-state index in [1.165, 1.54) is 11.3 Å². The summed E-state index contributed by atoms with van der Waals surface area (Å²) in [7, 11) is 0. The molecule has 0 saturated heterocycles. The molecule has 1 aromatic rings. The minimum atomic E-state index is -0.896. The fourth-order valence-electron chi connectivity index (χ4n) is 0.852. The number of thiophene rings is 1. The van der Waals surface area contributed by atoms with E-state index in [4.69, 9.17) is 10.8 Å². The van der Waals surface area contributed by atoms with Gasteiger partial charge >= 0.3 is 5.97 Å². The van der Waals surface area contributed by atoms with Gasteiger partial charge in [-0.15, -0.1) is 11.3 Å². The number of carboxylic acids is 1. The molecule has 0 aromatic carbocycles. The maximum Gasteiger partial charge on any atom is 0.346 e. The highest BCUT2D eigenvalue weighted by molar-refractivity contribution is 7.12. The lowest BCUT2D eigenvalue weighted by Gasteiger charge is -2.02. The van der Waals surface area contributed by atoms with Gasteiger partial charge in [-0.2, -0.15) is 0 Å². The van der Waals surface area contributed by atoms with Gasteiger partial charge in [0.05, 0.1) is 0 Å². The zero-order valence-electron chi connectivity index (χ0n) is 6.07. The van der Waals surface area contributed by atoms with Crippen LogP contribution in [0.3, 0.4) is 0 Å². The Hall–Kier alpha value is -0.870. The van der Waals surface area contributed by atoms with Crippen LogP contribution in [0.5, 0.6) is 0 Å². The van der Waals surface area contributed by atoms with Gasteiger partial charge in [0.25, 0.3) is 0 Å². The molecule has 0 aliphatic rings. The number of rotatable bonds is 2. The highest BCUT2D eigenvalue weighted by Crippen LogP contribution is 2.21. The number of aromatic carboxylic acids is 1. The third-order valence-electron chi connectivity index (χ3n) is 1.38. The van der Waals surface area contributed by atoms with Crippen LogP contribution in [0.1, 0.15) is 28.2 Å². The van der Waals surface area contributed by atoms with Gasteiger partial charge in [-0.1, -0.05) is 0 Å². The topological polar surface area (TPSA) is 63.3 Å². The van der Waals surface area contributed by atoms with Crippen LogP contribution in [-0.4, -0.2) is 11.1 Å². The zero-order valence-corrected chi connectivity index (χ0v) is 6.89. The second-order valence-corrected chi connectivity index (χ2v) is 3.22. The normalized spacial score (nSPS) is 12.9. The zero-order chi connectivity index (χ0) is 8.43. The van der Waals surface area contributed by atoms with Crippen molar-refractivity contribution < 1.29 is 9.90 Å². The summed E-state index contributed by atoms with van der Waals surface area (Å²) in [6.45, 7) is 1.77. The van der Waals surface area contributed by atoms with Crippen LogP contribution in [0.2, 0.25) is 0 Å². The van der Waals surface area contributed by atoms with Crippen molar-refractivity contribution in [3.05, 3.63) is 21.9 Å². The number of hydrogen-bond donors (Lipinski definition) is 2. The van der Waals surface area contributed by atoms with Gasteiger partial charge in [-0.25, -0.2) is 4.79 Å². The minimum Gasteiger partial charge on any atom is -0.477 e. The maximum atomic E-state index is 10.5. The number of nitrogens with two attached hydrogens (primary N) is 1. The van der Waals surface area contributed by atoms with Crippen LogP contribution in [0.15, 0.2) is 11.4 Å². The van der Waals surface area contributed by atoms with Crippen LogP contribution in [0.25, 0.3) is 0 Å². The van der Waals surface area contributed by atoms with E-state index < -0.39 is 5.97 Å². The number of hydrogen-bond acceptors (Lipinski definition) is 3. The quantitative estimate of drug-likeness (QED) is 0.708. The van der Waals surface area contributed by atoms with E-state index in [1.807, 2.05) is 0 Å². The molecule has 0 bridgehead atoms. The lowest BCUT2D eigenvalue weighted by Crippen LogP contribution is -2.08. The molecule has 0 aliphatic carbocycles. The first-order valence-corrected chi connectivity index (χ1v) is 4.07. The molecule has 11 heavy (non-hydrogen) atoms. The fraction of sp³-hybridized carbons (Fsp3) is 0.286. The minimum absolute atomic E-state index is 0.202. The summed E-state index contributed by atoms with van der Waals surface area (Å²) >= 11 is 1.21. The molecular formula is C7H9NO2S. The van der Waals surface area contributed by atoms with Crippen LogP contribution in [0, 0.1) is 0 Å². The van der Waals surface area contributed by atoms with Gasteiger partial charge < -0.3 is 10.8 Å². The molecule has 3 nitrogen and oxygen atoms in total. The molecule has 4 heteroatoms. The molecule has 1 rings (SSSR count). The van der Waals surface area contributed by atoms with Gasteiger partial charge in [0.2, 0.25) is 0 Å². The van der Waals surface area contributed by atoms with Crippen molar-refractivity contribution in [3.8, 4) is 0 Å². The van der Waals surface area contributed by atoms with Crippen molar-refractivity contribution in [2.45, 2.75) is 13.0 Å². The predicted octanol–water partition coefficient (Wildman–Crippen LogP) is 1.47. The molecular weight excluding hydrogens is 162 g/mol. The average Bonchev–Trinajstić information content (AvgIpc) is 2.32. The smallest absolute Gasteiger partial charge is 0.346 e. The lowest BCUT2D eigenvalue weighted by molar-refractivity contribution is 0.0700. The number of carboxylic acid groups (broad SMARTS) is 1. The molecule has 60 valence electrons. The van der Waals surface area contributed by atoms with E-state index in [9.17, 15) is 4.79 Å². The molecule has 1 atom stereocenters. The Labute approximate surface area is 68.5 Å². The van der Waals surface area contributed by atoms with Gasteiger partial charge in [0, 0.05) is 6.04 Å². The Bertz CT molecular complexity index is 267. The van der Waals surface area contributed by atoms with Crippen molar-refractivity contribution in [1.82, 2.24) is 0 Å². The Morgan fingerprint density at radius 2 is 2.45 bits per heavy atom. The molecule has 0 spiro atoms. The molecule has 0 fully saturated rings. The van der Waals surface area contributed by atoms with Gasteiger partial charge in [-0.05, 0) is 23.9 Å². The molecule has 1 heterocycles. The van der Waals surface area contributed by atoms with Crippen LogP contribution < -0.4 is 5.73 Å². The highest BCUT2D eigenvalue weighted by Gasteiger charge is 2.13. The van der Waals surface area contributed by atoms with Crippen molar-refractivity contribution in [2.75, 3.05) is 0 Å². The fourth-order valence-corrected chi connectivity index (χ4v) is 1.69. The van der Waals surface area contributed by atoms with Crippen LogP contribution in [0.4, 0.5) is 0 Å². The van der Waals surface area contributed by atoms with Crippen LogP contribution in [-0.2, 0) is 0 Å². The molecule has 3 N–H and O–H groups in total. The molecule has 0 amide bonds. The van der Waals surface area contributed by atoms with Gasteiger partial charge in [0.15, 0.2) is 0 Å². The van der Waals surface area contributed by atoms with Gasteiger partial charge in [-0.3, -0.25) is 0 Å². The first-order valence-electron chi connectivity index (χ1n) is 3.19. The Kier molecular flexibility index (Phi) is 2.26. The first-order chi connectivity index (χ1) is 5.13. The molecule has 0 unspecified atom stereocenters. The van der Waals surface area contributed by atoms with E-state index in [0.29, 0.717) is 10.4 Å². The molecule has 1 aromatic heterocycles. The van der Waals surface area contributed by atoms with Crippen molar-refractivity contribution >= 4 is 17.3 Å². The van der Waals surface area contributed by atoms with Crippen molar-refractivity contribution in [2.24, 2.45) is 5.73 Å². The van der Waals surface area contributed by atoms with Gasteiger partial charge in [0.1, 0.15) is 4.88 Å². The third kappa shape index (κ3) is 1.58. The maximum absolute atomic E-state index is 10.5. The molecule has 0 aliphatic heterocycles. The van der Waals surface area contributed by atoms with Crippen LogP contribution >= 0.6 is 11.3 Å². The van der Waals surface area contributed by atoms with E-state index in [1.54, 1.807) is 18.4 Å². The molecule has 0 radical (unpaired) electrons. The van der Waals surface area contributed by atoms with Crippen molar-refractivity contribution in [1.29, 1.82) is 0 Å². The summed E-state index contributed by atoms with van der Waals surface area (Å²) in [5.74, 6) is -0.896. The Balaban J connectivity index is 3.06. The summed E-state index contributed by atoms with van der Waals surface area (Å²) in [6, 6.07) is 1.55. The summed E-state index contributed by atoms with van der Waals surface area (Å²) < 4.78 is 0. The molecule has 0 saturated carbocycles. The standard InChI is InChI=1S/C7H9NO2S/c1-4(8)5-2-3-11-6(5)7(9)10/h2-4H,8H2,1H3,(H,9,10)/t4-/m0/s1. The van der Waals surface area contributed by atoms with Crippen molar-refractivity contribution in [3.63, 3.8) is 0 Å². The largest absolute Gasteiger partial charge is 0.477 e. The second-order valence-electron chi connectivity index (χ2n) is 2.30. The van der Waals surface area contributed by atoms with E-state index >= 15 is 0 Å². The summed E-state index contributed by atoms with van der Waals surface area (Å²) in [4.78, 5) is 10.9. The Morgan fingerprint density at radius 1 is 1.82 bits per heavy atom. The summed E-state index contributed by atoms with van der Waals surface area (Å²) in [5, 5.41) is 10.4. The highest BCUT2D eigenvalue weighted by atomic mass is 32.1. The monoisotopic (exact) mass is 171 g/mol. The summed E-state index contributed by atoms with van der Waals surface area (Å²) in [5.41, 5.74) is 6.25. The van der Waals surface area contributed by atoms with E-state index in [0.717, 1.165) is 0 Å². The second kappa shape index (κ2) is 3.02. The lowest BCUT2D eigenvalue weighted by atomic mass is 10.1. The Morgan fingerprint density at radius 3 is 2.82 bits per heavy atom.